The van der Waals surface area contributed by atoms with E-state index in [9.17, 15) is 0 Å². The quantitative estimate of drug-likeness (QED) is 0.0268. The number of thiazole rings is 2. The van der Waals surface area contributed by atoms with E-state index < -0.39 is 0 Å². The highest BCUT2D eigenvalue weighted by atomic mass is 35.5. The molecule has 0 aliphatic carbocycles. The zero-order chi connectivity index (χ0) is 99.1. The number of halogens is 3. The summed E-state index contributed by atoms with van der Waals surface area (Å²) in [5.41, 5.74) is 6.90. The van der Waals surface area contributed by atoms with E-state index in [-0.39, 0.29) is 43.2 Å². The molecule has 0 saturated carbocycles. The molecule has 0 amide bonds. The van der Waals surface area contributed by atoms with Gasteiger partial charge in [0, 0.05) is 160 Å². The summed E-state index contributed by atoms with van der Waals surface area (Å²) in [6.07, 6.45) is 4.85. The Kier molecular flexibility index (Phi) is 37.2. The molecule has 10 aromatic heterocycles. The summed E-state index contributed by atoms with van der Waals surface area (Å²) in [6, 6.07) is 39.4. The molecule has 1 aliphatic heterocycles. The monoisotopic (exact) mass is 1970 g/mol. The number of fused-ring (bicyclic) bond motifs is 5. The molecule has 1 aliphatic rings. The Balaban J connectivity index is 0.000000155. The fourth-order valence-electron chi connectivity index (χ4n) is 14.1. The second-order valence-electron chi connectivity index (χ2n) is 35.3. The molecule has 5 aromatic carbocycles. The predicted molar refractivity (Wildman–Crippen MR) is 557 cm³/mol. The standard InChI is InChI=1S/C24H33N5O3.C21H26ClN3O2S.C20H21ClN4O2S.C19H21ClN2O3.C19H24N4O2/c1-17(2)25-23-7-8-29(27-23)24-16-22(32-18(3)4)20-6-5-19(15-21(20)26-24)31-14-11-28-9-12-30-13-10-28;1-6-9-26-16-8-7-14-17(27-13(4)5)10-15(24-20(14)19(16)22)21-25-18(11-28-21)23-12(2)3;1-11(2)23-20-25-15(9-28-20)14-8-17(27-12(3)4)13-6-7-16(26-10-22-5)18(21)19(13)24-14;1-10(2)16-9-14(22-25-16)13-8-17(24-11(3)4)12-6-7-15(23-5)18(20)19(12)21-13;1-12(2)20-18-8-9-23(22-18)19-11-17(25-13(3)4)15-7-6-14(24-5)10-16(15)21-19/h5-8,15-18H,9-14H2,1-4H3,(H,25,27);7-8,10-13,23H,6,9H2,1-5H3;6-9,11-12H,10H2,1-4H3,(H,23,25);6-11H,1-5H3;6-13H,1-5H3,(H,20,22). The Morgan fingerprint density at radius 1 is 0.420 bits per heavy atom. The Labute approximate surface area is 830 Å². The molecule has 16 rings (SSSR count). The van der Waals surface area contributed by atoms with E-state index >= 15 is 0 Å². The summed E-state index contributed by atoms with van der Waals surface area (Å²) >= 11 is 22.7. The van der Waals surface area contributed by atoms with E-state index in [0.29, 0.717) is 126 Å². The van der Waals surface area contributed by atoms with Gasteiger partial charge in [-0.3, -0.25) is 9.74 Å². The minimum atomic E-state index is -0.101. The lowest BCUT2D eigenvalue weighted by Crippen LogP contribution is -2.38. The summed E-state index contributed by atoms with van der Waals surface area (Å²) in [7, 11) is 3.23. The second-order valence-corrected chi connectivity index (χ2v) is 38.2. The highest BCUT2D eigenvalue weighted by Gasteiger charge is 2.25. The lowest BCUT2D eigenvalue weighted by Gasteiger charge is -2.26. The van der Waals surface area contributed by atoms with Gasteiger partial charge in [-0.1, -0.05) is 60.7 Å². The number of rotatable bonds is 35. The number of ether oxygens (including phenoxy) is 11. The molecule has 0 bridgehead atoms. The third-order valence-electron chi connectivity index (χ3n) is 20.0. The molecule has 0 spiro atoms. The van der Waals surface area contributed by atoms with Crippen LogP contribution in [0.2, 0.25) is 15.1 Å². The van der Waals surface area contributed by atoms with Gasteiger partial charge in [0.1, 0.15) is 124 Å². The molecule has 1 saturated heterocycles. The van der Waals surface area contributed by atoms with E-state index in [1.54, 1.807) is 29.6 Å². The average Bonchev–Trinajstić information content (AvgIpc) is 1.24. The zero-order valence-electron chi connectivity index (χ0n) is 82.6. The summed E-state index contributed by atoms with van der Waals surface area (Å²) in [5.74, 6) is 11.8. The van der Waals surface area contributed by atoms with Gasteiger partial charge < -0.3 is 77.9 Å². The number of nitrogens with one attached hydrogen (secondary N) is 4. The minimum absolute atomic E-state index is 0.0103. The minimum Gasteiger partial charge on any atom is -0.497 e. The maximum absolute atomic E-state index is 6.90. The third kappa shape index (κ3) is 28.4. The van der Waals surface area contributed by atoms with Gasteiger partial charge in [0.15, 0.2) is 16.8 Å². The van der Waals surface area contributed by atoms with Crippen molar-refractivity contribution in [3.8, 4) is 103 Å². The van der Waals surface area contributed by atoms with Crippen molar-refractivity contribution in [2.75, 3.05) is 88.3 Å². The number of nitrogens with zero attached hydrogens (tertiary/aromatic N) is 14. The van der Waals surface area contributed by atoms with Crippen molar-refractivity contribution in [1.82, 2.24) is 64.5 Å². The Morgan fingerprint density at radius 3 is 1.34 bits per heavy atom. The van der Waals surface area contributed by atoms with Crippen LogP contribution >= 0.6 is 57.5 Å². The summed E-state index contributed by atoms with van der Waals surface area (Å²) in [5, 5.41) is 37.8. The molecule has 0 radical (unpaired) electrons. The molecular formula is C103H125Cl3N18O12S2. The third-order valence-corrected chi connectivity index (χ3v) is 22.7. The van der Waals surface area contributed by atoms with Crippen LogP contribution in [0.4, 0.5) is 22.6 Å². The van der Waals surface area contributed by atoms with E-state index in [1.807, 2.05) is 221 Å². The van der Waals surface area contributed by atoms with Crippen LogP contribution in [0.25, 0.3) is 104 Å². The van der Waals surface area contributed by atoms with Crippen molar-refractivity contribution in [3.63, 3.8) is 0 Å². The maximum Gasteiger partial charge on any atom is 0.357 e. The molecule has 732 valence electrons. The fourth-order valence-corrected chi connectivity index (χ4v) is 16.5. The van der Waals surface area contributed by atoms with Crippen LogP contribution in [-0.2, 0) is 4.74 Å². The number of aromatic nitrogens is 12. The highest BCUT2D eigenvalue weighted by Crippen LogP contribution is 2.44. The molecule has 30 nitrogen and oxygen atoms in total. The van der Waals surface area contributed by atoms with E-state index in [4.69, 9.17) is 118 Å². The van der Waals surface area contributed by atoms with Crippen LogP contribution in [0.15, 0.2) is 149 Å². The van der Waals surface area contributed by atoms with Crippen molar-refractivity contribution >= 4 is 135 Å². The average molecular weight is 1980 g/mol. The van der Waals surface area contributed by atoms with Crippen LogP contribution in [0.1, 0.15) is 163 Å². The van der Waals surface area contributed by atoms with Gasteiger partial charge in [-0.05, 0) is 192 Å². The normalized spacial score (nSPS) is 12.2. The summed E-state index contributed by atoms with van der Waals surface area (Å²) in [6.45, 7) is 55.2. The van der Waals surface area contributed by atoms with Crippen LogP contribution in [-0.4, -0.2) is 186 Å². The molecule has 1 fully saturated rings. The molecule has 15 aromatic rings. The maximum atomic E-state index is 6.90. The van der Waals surface area contributed by atoms with Crippen LogP contribution in [0.3, 0.4) is 0 Å². The number of morpholine rings is 1. The van der Waals surface area contributed by atoms with Gasteiger partial charge in [0.2, 0.25) is 0 Å². The molecule has 138 heavy (non-hydrogen) atoms. The Hall–Kier alpha value is -12.5. The first-order valence-electron chi connectivity index (χ1n) is 46.4. The number of benzene rings is 5. The van der Waals surface area contributed by atoms with Gasteiger partial charge in [-0.2, -0.15) is 0 Å². The highest BCUT2D eigenvalue weighted by molar-refractivity contribution is 7.14. The first kappa shape index (κ1) is 104. The van der Waals surface area contributed by atoms with Crippen LogP contribution in [0.5, 0.6) is 57.5 Å². The number of hydrogen-bond acceptors (Lipinski definition) is 29. The van der Waals surface area contributed by atoms with Crippen molar-refractivity contribution in [3.05, 3.63) is 177 Å². The van der Waals surface area contributed by atoms with Crippen LogP contribution in [0, 0.1) is 6.57 Å². The SMILES string of the molecule is CC(C)Nc1ccn(-c2cc(OC(C)C)c3ccc(OCCN4CCOCC4)cc3n2)n1.CCCOc1ccc2c(OC(C)C)cc(-c3nc(NC(C)C)cs3)nc2c1Cl.COc1ccc2c(OC(C)C)cc(-c3cc(C(C)C)on3)nc2c1Cl.COc1ccc2c(OC(C)C)cc(-n3ccc(NC(C)C)n3)nc2c1.[C-]#[N+]COc1ccc2c(OC(C)C)cc(-c3csc(NC(C)C)n3)nc2c1Cl. The largest absolute Gasteiger partial charge is 0.497 e. The van der Waals surface area contributed by atoms with Gasteiger partial charge >= 0.3 is 6.73 Å². The van der Waals surface area contributed by atoms with Gasteiger partial charge in [0.25, 0.3) is 0 Å². The predicted octanol–water partition coefficient (Wildman–Crippen LogP) is 25.5. The van der Waals surface area contributed by atoms with Crippen LogP contribution < -0.4 is 68.6 Å². The lowest BCUT2D eigenvalue weighted by atomic mass is 10.1. The van der Waals surface area contributed by atoms with Gasteiger partial charge in [0.05, 0.1) is 104 Å². The zero-order valence-corrected chi connectivity index (χ0v) is 86.5. The van der Waals surface area contributed by atoms with E-state index in [2.05, 4.69) is 124 Å². The smallest absolute Gasteiger partial charge is 0.357 e. The number of anilines is 4. The lowest BCUT2D eigenvalue weighted by molar-refractivity contribution is 0.0322. The van der Waals surface area contributed by atoms with Crippen molar-refractivity contribution in [1.29, 1.82) is 0 Å². The first-order valence-corrected chi connectivity index (χ1v) is 49.3. The Morgan fingerprint density at radius 2 is 0.870 bits per heavy atom. The first-order chi connectivity index (χ1) is 66.1. The van der Waals surface area contributed by atoms with E-state index in [1.165, 1.54) is 22.7 Å². The molecule has 11 heterocycles. The molecule has 0 unspecified atom stereocenters. The number of pyridine rings is 5. The molecule has 35 heteroatoms. The number of methoxy groups -OCH3 is 2. The van der Waals surface area contributed by atoms with E-state index in [0.717, 1.165) is 151 Å². The second kappa shape index (κ2) is 49.2. The van der Waals surface area contributed by atoms with Gasteiger partial charge in [-0.15, -0.1) is 32.9 Å². The van der Waals surface area contributed by atoms with Crippen molar-refractivity contribution in [2.45, 2.75) is 212 Å². The van der Waals surface area contributed by atoms with Crippen molar-refractivity contribution in [2.24, 2.45) is 0 Å². The summed E-state index contributed by atoms with van der Waals surface area (Å²) < 4.78 is 72.3. The topological polar surface area (TPSA) is 309 Å². The number of hydrogen-bond donors (Lipinski definition) is 4. The fraction of sp³-hybridized carbons (Fsp3) is 0.408. The molecule has 0 atom stereocenters. The molecular weight excluding hydrogens is 1850 g/mol. The Bertz CT molecular complexity index is 6600. The summed E-state index contributed by atoms with van der Waals surface area (Å²) in [4.78, 5) is 38.6. The molecule has 4 N–H and O–H groups in total. The van der Waals surface area contributed by atoms with Gasteiger partial charge in [-0.25, -0.2) is 50.8 Å². The van der Waals surface area contributed by atoms with Crippen molar-refractivity contribution < 1.29 is 56.6 Å².